The second-order valence-corrected chi connectivity index (χ2v) is 7.33. The Kier molecular flexibility index (Phi) is 6.44. The van der Waals surface area contributed by atoms with Crippen LogP contribution < -0.4 is 15.4 Å². The number of amides is 2. The van der Waals surface area contributed by atoms with Gasteiger partial charge in [0.05, 0.1) is 13.3 Å². The molecule has 0 aromatic heterocycles. The Morgan fingerprint density at radius 3 is 2.61 bits per heavy atom. The molecule has 0 bridgehead atoms. The molecule has 8 heteroatoms. The van der Waals surface area contributed by atoms with Crippen LogP contribution in [0.5, 0.6) is 5.75 Å². The van der Waals surface area contributed by atoms with Crippen LogP contribution in [0.25, 0.3) is 0 Å². The van der Waals surface area contributed by atoms with Gasteiger partial charge in [-0.2, -0.15) is 5.10 Å². The molecule has 2 N–H and O–H groups in total. The summed E-state index contributed by atoms with van der Waals surface area (Å²) in [4.78, 5) is 24.2. The molecule has 2 amide bonds. The highest BCUT2D eigenvalue weighted by Crippen LogP contribution is 2.23. The predicted molar refractivity (Wildman–Crippen MR) is 112 cm³/mol. The quantitative estimate of drug-likeness (QED) is 0.580. The first-order valence-corrected chi connectivity index (χ1v) is 9.50. The van der Waals surface area contributed by atoms with Gasteiger partial charge in [0.2, 0.25) is 11.8 Å². The SMILES string of the molecule is COc1ccc(C=N/N=C2\NC(=O)C(CC(=O)Nc3ccc(C)cc3)S2)cc1. The Labute approximate surface area is 167 Å². The minimum Gasteiger partial charge on any atom is -0.497 e. The number of anilines is 1. The van der Waals surface area contributed by atoms with E-state index in [0.717, 1.165) is 16.9 Å². The summed E-state index contributed by atoms with van der Waals surface area (Å²) in [6.07, 6.45) is 1.64. The topological polar surface area (TPSA) is 92.2 Å². The molecule has 1 fully saturated rings. The van der Waals surface area contributed by atoms with E-state index in [9.17, 15) is 9.59 Å². The number of carbonyl (C=O) groups excluding carboxylic acids is 2. The lowest BCUT2D eigenvalue weighted by molar-refractivity contribution is -0.122. The molecule has 7 nitrogen and oxygen atoms in total. The number of aryl methyl sites for hydroxylation is 1. The molecule has 1 atom stereocenters. The third kappa shape index (κ3) is 5.43. The van der Waals surface area contributed by atoms with Crippen molar-refractivity contribution in [2.45, 2.75) is 18.6 Å². The molecule has 1 aliphatic heterocycles. The van der Waals surface area contributed by atoms with E-state index in [2.05, 4.69) is 20.8 Å². The van der Waals surface area contributed by atoms with E-state index in [-0.39, 0.29) is 18.2 Å². The summed E-state index contributed by atoms with van der Waals surface area (Å²) in [5.41, 5.74) is 2.67. The van der Waals surface area contributed by atoms with Crippen molar-refractivity contribution in [2.75, 3.05) is 12.4 Å². The van der Waals surface area contributed by atoms with Gasteiger partial charge in [-0.1, -0.05) is 29.5 Å². The van der Waals surface area contributed by atoms with Crippen molar-refractivity contribution in [3.05, 3.63) is 59.7 Å². The van der Waals surface area contributed by atoms with Crippen LogP contribution in [0.1, 0.15) is 17.5 Å². The molecule has 1 saturated heterocycles. The Morgan fingerprint density at radius 1 is 1.21 bits per heavy atom. The van der Waals surface area contributed by atoms with Gasteiger partial charge in [0.25, 0.3) is 0 Å². The van der Waals surface area contributed by atoms with E-state index >= 15 is 0 Å². The number of nitrogens with one attached hydrogen (secondary N) is 2. The Balaban J connectivity index is 1.53. The molecule has 1 heterocycles. The van der Waals surface area contributed by atoms with Crippen LogP contribution in [0.4, 0.5) is 5.69 Å². The third-order valence-electron chi connectivity index (χ3n) is 3.95. The first-order valence-electron chi connectivity index (χ1n) is 8.62. The van der Waals surface area contributed by atoms with Gasteiger partial charge in [-0.25, -0.2) is 0 Å². The summed E-state index contributed by atoms with van der Waals surface area (Å²) in [7, 11) is 1.60. The van der Waals surface area contributed by atoms with Gasteiger partial charge in [-0.3, -0.25) is 9.59 Å². The van der Waals surface area contributed by atoms with Crippen molar-refractivity contribution in [1.82, 2.24) is 5.32 Å². The molecule has 0 spiro atoms. The third-order valence-corrected chi connectivity index (χ3v) is 5.03. The summed E-state index contributed by atoms with van der Waals surface area (Å²) in [5, 5.41) is 13.3. The fourth-order valence-electron chi connectivity index (χ4n) is 2.44. The van der Waals surface area contributed by atoms with Gasteiger partial charge in [0.15, 0.2) is 5.17 Å². The second-order valence-electron chi connectivity index (χ2n) is 6.14. The molecule has 0 radical (unpaired) electrons. The van der Waals surface area contributed by atoms with Crippen molar-refractivity contribution in [1.29, 1.82) is 0 Å². The van der Waals surface area contributed by atoms with E-state index in [0.29, 0.717) is 10.9 Å². The summed E-state index contributed by atoms with van der Waals surface area (Å²) in [6.45, 7) is 1.98. The van der Waals surface area contributed by atoms with Gasteiger partial charge in [-0.05, 0) is 48.9 Å². The zero-order valence-electron chi connectivity index (χ0n) is 15.5. The van der Waals surface area contributed by atoms with Gasteiger partial charge >= 0.3 is 0 Å². The normalized spacial score (nSPS) is 17.7. The van der Waals surface area contributed by atoms with Crippen molar-refractivity contribution >= 4 is 40.6 Å². The van der Waals surface area contributed by atoms with Crippen LogP contribution in [-0.4, -0.2) is 35.6 Å². The molecule has 1 unspecified atom stereocenters. The minimum absolute atomic E-state index is 0.0611. The Bertz CT molecular complexity index is 908. The molecule has 2 aromatic carbocycles. The molecule has 2 aromatic rings. The fourth-order valence-corrected chi connectivity index (χ4v) is 3.37. The van der Waals surface area contributed by atoms with Crippen LogP contribution in [0.15, 0.2) is 58.7 Å². The van der Waals surface area contributed by atoms with E-state index in [1.54, 1.807) is 13.3 Å². The van der Waals surface area contributed by atoms with Crippen molar-refractivity contribution in [3.63, 3.8) is 0 Å². The van der Waals surface area contributed by atoms with Gasteiger partial charge in [-0.15, -0.1) is 5.10 Å². The molecule has 3 rings (SSSR count). The average molecular weight is 396 g/mol. The van der Waals surface area contributed by atoms with E-state index in [4.69, 9.17) is 4.74 Å². The average Bonchev–Trinajstić information content (AvgIpc) is 3.03. The fraction of sp³-hybridized carbons (Fsp3) is 0.200. The zero-order chi connectivity index (χ0) is 19.9. The van der Waals surface area contributed by atoms with Gasteiger partial charge in [0, 0.05) is 12.1 Å². The highest BCUT2D eigenvalue weighted by atomic mass is 32.2. The largest absolute Gasteiger partial charge is 0.497 e. The number of carbonyl (C=O) groups is 2. The van der Waals surface area contributed by atoms with Crippen LogP contribution >= 0.6 is 11.8 Å². The highest BCUT2D eigenvalue weighted by molar-refractivity contribution is 8.15. The number of hydrogen-bond donors (Lipinski definition) is 2. The highest BCUT2D eigenvalue weighted by Gasteiger charge is 2.32. The number of methoxy groups -OCH3 is 1. The Morgan fingerprint density at radius 2 is 1.93 bits per heavy atom. The van der Waals surface area contributed by atoms with Crippen LogP contribution in [0, 0.1) is 6.92 Å². The summed E-state index contributed by atoms with van der Waals surface area (Å²) in [6, 6.07) is 14.8. The first kappa shape index (κ1) is 19.6. The van der Waals surface area contributed by atoms with Crippen LogP contribution in [0.3, 0.4) is 0 Å². The van der Waals surface area contributed by atoms with Crippen LogP contribution in [0.2, 0.25) is 0 Å². The number of nitrogens with zero attached hydrogens (tertiary/aromatic N) is 2. The monoisotopic (exact) mass is 396 g/mol. The maximum absolute atomic E-state index is 12.2. The van der Waals surface area contributed by atoms with Crippen LogP contribution in [-0.2, 0) is 9.59 Å². The smallest absolute Gasteiger partial charge is 0.240 e. The molecular formula is C20H20N4O3S. The van der Waals surface area contributed by atoms with E-state index in [1.165, 1.54) is 11.8 Å². The van der Waals surface area contributed by atoms with E-state index in [1.807, 2.05) is 55.5 Å². The maximum atomic E-state index is 12.2. The summed E-state index contributed by atoms with van der Waals surface area (Å²) in [5.74, 6) is 0.288. The number of amidine groups is 1. The maximum Gasteiger partial charge on any atom is 0.240 e. The number of benzene rings is 2. The molecule has 144 valence electrons. The lowest BCUT2D eigenvalue weighted by Gasteiger charge is -2.07. The van der Waals surface area contributed by atoms with Crippen molar-refractivity contribution < 1.29 is 14.3 Å². The van der Waals surface area contributed by atoms with E-state index < -0.39 is 5.25 Å². The van der Waals surface area contributed by atoms with Gasteiger partial charge in [0.1, 0.15) is 11.0 Å². The van der Waals surface area contributed by atoms with Crippen molar-refractivity contribution in [3.8, 4) is 5.75 Å². The molecule has 28 heavy (non-hydrogen) atoms. The second kappa shape index (κ2) is 9.18. The first-order chi connectivity index (χ1) is 13.5. The predicted octanol–water partition coefficient (Wildman–Crippen LogP) is 2.95. The molecule has 0 saturated carbocycles. The molecule has 1 aliphatic rings. The molecule has 0 aliphatic carbocycles. The Hall–Kier alpha value is -3.13. The number of thioether (sulfide) groups is 1. The van der Waals surface area contributed by atoms with Crippen molar-refractivity contribution in [2.24, 2.45) is 10.2 Å². The molecular weight excluding hydrogens is 376 g/mol. The minimum atomic E-state index is -0.527. The number of hydrogen-bond acceptors (Lipinski definition) is 6. The summed E-state index contributed by atoms with van der Waals surface area (Å²) >= 11 is 1.20. The number of ether oxygens (including phenoxy) is 1. The summed E-state index contributed by atoms with van der Waals surface area (Å²) < 4.78 is 5.10. The zero-order valence-corrected chi connectivity index (χ0v) is 16.3. The van der Waals surface area contributed by atoms with Gasteiger partial charge < -0.3 is 15.4 Å². The lowest BCUT2D eigenvalue weighted by atomic mass is 10.2. The standard InChI is InChI=1S/C20H20N4O3S/c1-13-3-7-15(8-4-13)22-18(25)11-17-19(26)23-20(28-17)24-21-12-14-5-9-16(27-2)10-6-14/h3-10,12,17H,11H2,1-2H3,(H,22,25)(H,23,24,26). The number of rotatable bonds is 6. The lowest BCUT2D eigenvalue weighted by Crippen LogP contribution is -2.28.